The van der Waals surface area contributed by atoms with Crippen LogP contribution in [0, 0.1) is 0 Å². The summed E-state index contributed by atoms with van der Waals surface area (Å²) >= 11 is 0. The van der Waals surface area contributed by atoms with Gasteiger partial charge in [0.25, 0.3) is 5.56 Å². The maximum absolute atomic E-state index is 12.9. The molecule has 1 aliphatic heterocycles. The minimum atomic E-state index is -0.313. The van der Waals surface area contributed by atoms with E-state index in [1.165, 1.54) is 21.3 Å². The van der Waals surface area contributed by atoms with Gasteiger partial charge in [0.15, 0.2) is 11.5 Å². The molecule has 1 aromatic heterocycles. The number of carbonyl (C=O) groups is 1. The van der Waals surface area contributed by atoms with E-state index in [-0.39, 0.29) is 11.5 Å². The van der Waals surface area contributed by atoms with E-state index in [4.69, 9.17) is 14.2 Å². The quantitative estimate of drug-likeness (QED) is 0.504. The standard InChI is InChI=1S/C25H31N5O5/c1-29-9-11-30(12-10-29)8-7-22(31)26-17-5-6-19-18(15-17)25(32)28-24(27-19)16-13-20(33-2)23(35-4)21(14-16)34-3/h5-6,13-15H,7-12H2,1-4H3,(H,26,31)(H,27,28,32). The summed E-state index contributed by atoms with van der Waals surface area (Å²) < 4.78 is 16.2. The van der Waals surface area contributed by atoms with Crippen LogP contribution in [-0.4, -0.2) is 86.8 Å². The zero-order chi connectivity index (χ0) is 24.9. The van der Waals surface area contributed by atoms with E-state index in [0.717, 1.165) is 26.2 Å². The number of nitrogens with zero attached hydrogens (tertiary/aromatic N) is 3. The Kier molecular flexibility index (Phi) is 7.52. The molecule has 4 rings (SSSR count). The molecule has 0 bridgehead atoms. The third-order valence-electron chi connectivity index (χ3n) is 6.18. The van der Waals surface area contributed by atoms with Crippen LogP contribution in [0.2, 0.25) is 0 Å². The number of nitrogens with one attached hydrogen (secondary N) is 2. The van der Waals surface area contributed by atoms with Crippen molar-refractivity contribution in [2.45, 2.75) is 6.42 Å². The van der Waals surface area contributed by atoms with Gasteiger partial charge in [0.05, 0.1) is 32.2 Å². The van der Waals surface area contributed by atoms with Gasteiger partial charge < -0.3 is 34.3 Å². The normalized spacial score (nSPS) is 14.6. The van der Waals surface area contributed by atoms with E-state index in [0.29, 0.717) is 58.2 Å². The fourth-order valence-electron chi connectivity index (χ4n) is 4.13. The van der Waals surface area contributed by atoms with Crippen molar-refractivity contribution in [1.29, 1.82) is 0 Å². The summed E-state index contributed by atoms with van der Waals surface area (Å²) in [5.74, 6) is 1.65. The minimum Gasteiger partial charge on any atom is -0.493 e. The van der Waals surface area contributed by atoms with Crippen molar-refractivity contribution in [3.05, 3.63) is 40.7 Å². The lowest BCUT2D eigenvalue weighted by molar-refractivity contribution is -0.116. The molecular formula is C25H31N5O5. The fraction of sp³-hybridized carbons (Fsp3) is 0.400. The number of aromatic amines is 1. The minimum absolute atomic E-state index is 0.0818. The lowest BCUT2D eigenvalue weighted by Crippen LogP contribution is -2.45. The van der Waals surface area contributed by atoms with Gasteiger partial charge >= 0.3 is 0 Å². The number of rotatable bonds is 8. The van der Waals surface area contributed by atoms with Crippen LogP contribution in [0.25, 0.3) is 22.3 Å². The number of ether oxygens (including phenoxy) is 3. The number of carbonyl (C=O) groups excluding carboxylic acids is 1. The Morgan fingerprint density at radius 2 is 1.71 bits per heavy atom. The van der Waals surface area contributed by atoms with Crippen LogP contribution in [0.4, 0.5) is 5.69 Å². The number of hydrogen-bond donors (Lipinski definition) is 2. The van der Waals surface area contributed by atoms with Gasteiger partial charge in [-0.15, -0.1) is 0 Å². The molecule has 35 heavy (non-hydrogen) atoms. The second-order valence-corrected chi connectivity index (χ2v) is 8.50. The molecule has 3 aromatic rings. The van der Waals surface area contributed by atoms with E-state index >= 15 is 0 Å². The van der Waals surface area contributed by atoms with Crippen molar-refractivity contribution in [2.24, 2.45) is 0 Å². The topological polar surface area (TPSA) is 109 Å². The van der Waals surface area contributed by atoms with Gasteiger partial charge in [0, 0.05) is 50.4 Å². The Balaban J connectivity index is 1.52. The summed E-state index contributed by atoms with van der Waals surface area (Å²) in [6.45, 7) is 4.68. The van der Waals surface area contributed by atoms with E-state index in [2.05, 4.69) is 32.1 Å². The number of aromatic nitrogens is 2. The summed E-state index contributed by atoms with van der Waals surface area (Å²) in [7, 11) is 6.68. The van der Waals surface area contributed by atoms with Crippen LogP contribution in [0.3, 0.4) is 0 Å². The van der Waals surface area contributed by atoms with Crippen LogP contribution in [0.1, 0.15) is 6.42 Å². The largest absolute Gasteiger partial charge is 0.493 e. The Morgan fingerprint density at radius 1 is 1.03 bits per heavy atom. The van der Waals surface area contributed by atoms with Crippen molar-refractivity contribution >= 4 is 22.5 Å². The van der Waals surface area contributed by atoms with Gasteiger partial charge in [-0.05, 0) is 37.4 Å². The van der Waals surface area contributed by atoms with Crippen LogP contribution in [0.5, 0.6) is 17.2 Å². The van der Waals surface area contributed by atoms with E-state index < -0.39 is 0 Å². The number of methoxy groups -OCH3 is 3. The Morgan fingerprint density at radius 3 is 2.34 bits per heavy atom. The number of H-pyrrole nitrogens is 1. The molecule has 0 saturated carbocycles. The van der Waals surface area contributed by atoms with Crippen molar-refractivity contribution < 1.29 is 19.0 Å². The third-order valence-corrected chi connectivity index (χ3v) is 6.18. The first-order chi connectivity index (χ1) is 16.9. The molecule has 10 heteroatoms. The smallest absolute Gasteiger partial charge is 0.259 e. The number of fused-ring (bicyclic) bond motifs is 1. The highest BCUT2D eigenvalue weighted by Gasteiger charge is 2.17. The summed E-state index contributed by atoms with van der Waals surface area (Å²) in [6, 6.07) is 8.57. The molecule has 1 aliphatic rings. The number of hydrogen-bond acceptors (Lipinski definition) is 8. The zero-order valence-electron chi connectivity index (χ0n) is 20.5. The summed E-state index contributed by atoms with van der Waals surface area (Å²) in [5, 5.41) is 3.28. The van der Waals surface area contributed by atoms with Crippen molar-refractivity contribution in [1.82, 2.24) is 19.8 Å². The van der Waals surface area contributed by atoms with Crippen molar-refractivity contribution in [3.63, 3.8) is 0 Å². The highest BCUT2D eigenvalue weighted by atomic mass is 16.5. The molecule has 1 saturated heterocycles. The van der Waals surface area contributed by atoms with Gasteiger partial charge in [0.2, 0.25) is 11.7 Å². The lowest BCUT2D eigenvalue weighted by Gasteiger charge is -2.32. The first-order valence-electron chi connectivity index (χ1n) is 11.5. The maximum Gasteiger partial charge on any atom is 0.259 e. The molecule has 0 spiro atoms. The summed E-state index contributed by atoms with van der Waals surface area (Å²) in [4.78, 5) is 37.4. The van der Waals surface area contributed by atoms with Crippen LogP contribution in [-0.2, 0) is 4.79 Å². The second-order valence-electron chi connectivity index (χ2n) is 8.50. The molecule has 0 radical (unpaired) electrons. The molecule has 10 nitrogen and oxygen atoms in total. The van der Waals surface area contributed by atoms with E-state index in [9.17, 15) is 9.59 Å². The number of piperazine rings is 1. The van der Waals surface area contributed by atoms with Gasteiger partial charge in [-0.2, -0.15) is 0 Å². The summed E-state index contributed by atoms with van der Waals surface area (Å²) in [6.07, 6.45) is 0.399. The van der Waals surface area contributed by atoms with Gasteiger partial charge in [-0.25, -0.2) is 4.98 Å². The van der Waals surface area contributed by atoms with Crippen molar-refractivity contribution in [3.8, 4) is 28.6 Å². The number of likely N-dealkylation sites (N-methyl/N-ethyl adjacent to an activating group) is 1. The number of anilines is 1. The highest BCUT2D eigenvalue weighted by molar-refractivity contribution is 5.93. The molecule has 0 atom stereocenters. The maximum atomic E-state index is 12.9. The monoisotopic (exact) mass is 481 g/mol. The average molecular weight is 482 g/mol. The molecule has 186 valence electrons. The highest BCUT2D eigenvalue weighted by Crippen LogP contribution is 2.40. The third kappa shape index (κ3) is 5.55. The van der Waals surface area contributed by atoms with Crippen LogP contribution in [0.15, 0.2) is 35.1 Å². The van der Waals surface area contributed by atoms with Gasteiger partial charge in [-0.3, -0.25) is 9.59 Å². The van der Waals surface area contributed by atoms with Gasteiger partial charge in [0.1, 0.15) is 5.82 Å². The average Bonchev–Trinajstić information content (AvgIpc) is 2.87. The molecule has 2 aromatic carbocycles. The molecule has 2 N–H and O–H groups in total. The van der Waals surface area contributed by atoms with Crippen LogP contribution < -0.4 is 25.1 Å². The lowest BCUT2D eigenvalue weighted by atomic mass is 10.1. The first kappa shape index (κ1) is 24.5. The number of amides is 1. The fourth-order valence-corrected chi connectivity index (χ4v) is 4.13. The van der Waals surface area contributed by atoms with E-state index in [1.54, 1.807) is 30.3 Å². The molecule has 1 fully saturated rings. The number of benzene rings is 2. The predicted octanol–water partition coefficient (Wildman–Crippen LogP) is 2.19. The van der Waals surface area contributed by atoms with Crippen molar-refractivity contribution in [2.75, 3.05) is 66.4 Å². The van der Waals surface area contributed by atoms with E-state index in [1.807, 2.05) is 0 Å². The SMILES string of the molecule is COc1cc(-c2nc3ccc(NC(=O)CCN4CCN(C)CC4)cc3c(=O)[nH]2)cc(OC)c1OC. The Bertz CT molecular complexity index is 1240. The van der Waals surface area contributed by atoms with Gasteiger partial charge in [-0.1, -0.05) is 0 Å². The zero-order valence-corrected chi connectivity index (χ0v) is 20.5. The molecule has 0 aliphatic carbocycles. The second kappa shape index (κ2) is 10.7. The summed E-state index contributed by atoms with van der Waals surface area (Å²) in [5.41, 5.74) is 1.37. The van der Waals surface area contributed by atoms with Crippen LogP contribution >= 0.6 is 0 Å². The molecule has 0 unspecified atom stereocenters. The molecular weight excluding hydrogens is 450 g/mol. The predicted molar refractivity (Wildman–Crippen MR) is 135 cm³/mol. The first-order valence-corrected chi connectivity index (χ1v) is 11.5. The molecule has 2 heterocycles. The molecule has 1 amide bonds. The Hall–Kier alpha value is -3.63. The Labute approximate surface area is 203 Å².